The molecule has 110 valence electrons. The summed E-state index contributed by atoms with van der Waals surface area (Å²) in [6.45, 7) is -0.618. The molecule has 4 N–H and O–H groups in total. The quantitative estimate of drug-likeness (QED) is 0.536. The normalized spacial score (nSPS) is 11.2. The highest BCUT2D eigenvalue weighted by atomic mass is 32.2. The van der Waals surface area contributed by atoms with Gasteiger partial charge in [-0.25, -0.2) is 17.9 Å². The van der Waals surface area contributed by atoms with Crippen LogP contribution in [0.15, 0.2) is 29.2 Å². The van der Waals surface area contributed by atoms with Crippen molar-refractivity contribution in [3.8, 4) is 0 Å². The van der Waals surface area contributed by atoms with E-state index in [0.717, 1.165) is 0 Å². The molecule has 9 heteroatoms. The van der Waals surface area contributed by atoms with Gasteiger partial charge in [0.2, 0.25) is 15.9 Å². The number of aliphatic carboxylic acids is 1. The smallest absolute Gasteiger partial charge is 0.329 e. The number of sulfonamides is 1. The van der Waals surface area contributed by atoms with Gasteiger partial charge in [0.25, 0.3) is 0 Å². The highest BCUT2D eigenvalue weighted by molar-refractivity contribution is 7.89. The lowest BCUT2D eigenvalue weighted by molar-refractivity contribution is -0.142. The van der Waals surface area contributed by atoms with Crippen LogP contribution in [0.3, 0.4) is 0 Å². The van der Waals surface area contributed by atoms with E-state index in [0.29, 0.717) is 0 Å². The van der Waals surface area contributed by atoms with Crippen molar-refractivity contribution in [2.75, 3.05) is 19.8 Å². The fourth-order valence-electron chi connectivity index (χ4n) is 1.29. The summed E-state index contributed by atoms with van der Waals surface area (Å²) in [5.74, 6) is -1.78. The average Bonchev–Trinajstić information content (AvgIpc) is 2.38. The van der Waals surface area contributed by atoms with Crippen LogP contribution in [-0.4, -0.2) is 45.2 Å². The molecule has 0 aliphatic rings. The van der Waals surface area contributed by atoms with Crippen LogP contribution in [0, 0.1) is 0 Å². The Morgan fingerprint density at radius 3 is 2.35 bits per heavy atom. The third kappa shape index (κ3) is 4.96. The number of carbonyl (C=O) groups is 2. The van der Waals surface area contributed by atoms with Crippen molar-refractivity contribution in [3.63, 3.8) is 0 Å². The largest absolute Gasteiger partial charge is 0.480 e. The number of hydrogen-bond donors (Lipinski definition) is 3. The van der Waals surface area contributed by atoms with Crippen LogP contribution in [0.4, 0.5) is 0 Å². The molecule has 1 aromatic rings. The van der Waals surface area contributed by atoms with Gasteiger partial charge in [0.1, 0.15) is 6.61 Å². The number of carboxylic acid groups (broad SMARTS) is 1. The number of amides is 1. The van der Waals surface area contributed by atoms with Crippen LogP contribution in [0.1, 0.15) is 10.4 Å². The molecule has 0 heterocycles. The number of nitrogens with one attached hydrogen (secondary N) is 1. The van der Waals surface area contributed by atoms with Gasteiger partial charge in [0.15, 0.2) is 0 Å². The molecule has 1 rings (SSSR count). The van der Waals surface area contributed by atoms with Gasteiger partial charge >= 0.3 is 5.97 Å². The Balaban J connectivity index is 2.56. The van der Waals surface area contributed by atoms with Crippen LogP contribution >= 0.6 is 0 Å². The van der Waals surface area contributed by atoms with Crippen molar-refractivity contribution in [3.05, 3.63) is 29.8 Å². The summed E-state index contributed by atoms with van der Waals surface area (Å²) >= 11 is 0. The molecule has 8 nitrogen and oxygen atoms in total. The molecular weight excluding hydrogens is 288 g/mol. The van der Waals surface area contributed by atoms with Crippen LogP contribution in [0.25, 0.3) is 0 Å². The van der Waals surface area contributed by atoms with Gasteiger partial charge < -0.3 is 15.6 Å². The van der Waals surface area contributed by atoms with E-state index in [1.54, 1.807) is 0 Å². The molecule has 0 aliphatic carbocycles. The molecule has 0 aliphatic heterocycles. The van der Waals surface area contributed by atoms with Gasteiger partial charge in [0, 0.05) is 12.1 Å². The first-order valence-corrected chi connectivity index (χ1v) is 7.00. The highest BCUT2D eigenvalue weighted by Crippen LogP contribution is 2.09. The standard InChI is InChI=1S/C11H14N2O6S/c12-11(16)8-1-3-9(4-2-8)20(17,18)13-5-6-19-7-10(14)15/h1-4,13H,5-7H2,(H2,12,16)(H,14,15). The molecule has 0 fully saturated rings. The summed E-state index contributed by atoms with van der Waals surface area (Å²) in [5, 5.41) is 8.32. The number of benzene rings is 1. The van der Waals surface area contributed by atoms with E-state index in [1.807, 2.05) is 0 Å². The molecular formula is C11H14N2O6S. The Bertz CT molecular complexity index is 581. The SMILES string of the molecule is NC(=O)c1ccc(S(=O)(=O)NCCOCC(=O)O)cc1. The van der Waals surface area contributed by atoms with Gasteiger partial charge in [-0.05, 0) is 24.3 Å². The zero-order chi connectivity index (χ0) is 15.2. The number of ether oxygens (including phenoxy) is 1. The fourth-order valence-corrected chi connectivity index (χ4v) is 2.30. The van der Waals surface area contributed by atoms with Gasteiger partial charge in [-0.1, -0.05) is 0 Å². The van der Waals surface area contributed by atoms with E-state index < -0.39 is 28.5 Å². The Hall–Kier alpha value is -1.97. The number of rotatable bonds is 8. The zero-order valence-corrected chi connectivity index (χ0v) is 11.2. The van der Waals surface area contributed by atoms with Gasteiger partial charge in [-0.2, -0.15) is 0 Å². The van der Waals surface area contributed by atoms with E-state index in [-0.39, 0.29) is 23.6 Å². The second-order valence-corrected chi connectivity index (χ2v) is 5.50. The lowest BCUT2D eigenvalue weighted by Gasteiger charge is -2.07. The van der Waals surface area contributed by atoms with E-state index >= 15 is 0 Å². The predicted molar refractivity (Wildman–Crippen MR) is 68.6 cm³/mol. The van der Waals surface area contributed by atoms with Crippen LogP contribution in [0.5, 0.6) is 0 Å². The Labute approximate surface area is 115 Å². The summed E-state index contributed by atoms with van der Waals surface area (Å²) in [6, 6.07) is 5.11. The average molecular weight is 302 g/mol. The molecule has 0 saturated heterocycles. The van der Waals surface area contributed by atoms with Crippen molar-refractivity contribution in [1.29, 1.82) is 0 Å². The van der Waals surface area contributed by atoms with Crippen molar-refractivity contribution in [2.24, 2.45) is 5.73 Å². The minimum Gasteiger partial charge on any atom is -0.480 e. The first-order chi connectivity index (χ1) is 9.33. The predicted octanol–water partition coefficient (Wildman–Crippen LogP) is -0.835. The Morgan fingerprint density at radius 1 is 1.25 bits per heavy atom. The van der Waals surface area contributed by atoms with Crippen LogP contribution < -0.4 is 10.5 Å². The van der Waals surface area contributed by atoms with E-state index in [4.69, 9.17) is 10.8 Å². The van der Waals surface area contributed by atoms with Gasteiger partial charge in [-0.15, -0.1) is 0 Å². The molecule has 0 spiro atoms. The topological polar surface area (TPSA) is 136 Å². The van der Waals surface area contributed by atoms with Crippen molar-refractivity contribution >= 4 is 21.9 Å². The molecule has 1 amide bonds. The zero-order valence-electron chi connectivity index (χ0n) is 10.4. The summed E-state index contributed by atoms with van der Waals surface area (Å²) < 4.78 is 30.5. The molecule has 0 saturated carbocycles. The number of carbonyl (C=O) groups excluding carboxylic acids is 1. The highest BCUT2D eigenvalue weighted by Gasteiger charge is 2.13. The molecule has 0 atom stereocenters. The summed E-state index contributed by atoms with van der Waals surface area (Å²) in [6.07, 6.45) is 0. The molecule has 20 heavy (non-hydrogen) atoms. The lowest BCUT2D eigenvalue weighted by Crippen LogP contribution is -2.28. The Morgan fingerprint density at radius 2 is 1.85 bits per heavy atom. The molecule has 1 aromatic carbocycles. The summed E-state index contributed by atoms with van der Waals surface area (Å²) in [4.78, 5) is 21.0. The monoisotopic (exact) mass is 302 g/mol. The molecule has 0 bridgehead atoms. The number of hydrogen-bond acceptors (Lipinski definition) is 5. The van der Waals surface area contributed by atoms with Crippen LogP contribution in [-0.2, 0) is 19.6 Å². The molecule has 0 unspecified atom stereocenters. The minimum atomic E-state index is -3.73. The maximum atomic E-state index is 11.8. The molecule has 0 radical (unpaired) electrons. The fraction of sp³-hybridized carbons (Fsp3) is 0.273. The van der Waals surface area contributed by atoms with E-state index in [1.165, 1.54) is 24.3 Å². The maximum absolute atomic E-state index is 11.8. The Kier molecular flexibility index (Phi) is 5.62. The second-order valence-electron chi connectivity index (χ2n) is 3.73. The lowest BCUT2D eigenvalue weighted by atomic mass is 10.2. The maximum Gasteiger partial charge on any atom is 0.329 e. The van der Waals surface area contributed by atoms with Gasteiger partial charge in [0.05, 0.1) is 11.5 Å². The van der Waals surface area contributed by atoms with E-state index in [2.05, 4.69) is 9.46 Å². The van der Waals surface area contributed by atoms with Crippen molar-refractivity contribution in [1.82, 2.24) is 4.72 Å². The number of primary amides is 1. The third-order valence-corrected chi connectivity index (χ3v) is 3.69. The van der Waals surface area contributed by atoms with Crippen LogP contribution in [0.2, 0.25) is 0 Å². The summed E-state index contributed by atoms with van der Waals surface area (Å²) in [5.41, 5.74) is 5.24. The first kappa shape index (κ1) is 16.1. The molecule has 0 aromatic heterocycles. The number of carboxylic acids is 1. The third-order valence-electron chi connectivity index (χ3n) is 2.21. The first-order valence-electron chi connectivity index (χ1n) is 5.52. The second kappa shape index (κ2) is 6.98. The van der Waals surface area contributed by atoms with Crippen molar-refractivity contribution in [2.45, 2.75) is 4.90 Å². The number of nitrogens with two attached hydrogens (primary N) is 1. The van der Waals surface area contributed by atoms with Gasteiger partial charge in [-0.3, -0.25) is 4.79 Å². The van der Waals surface area contributed by atoms with Crippen molar-refractivity contribution < 1.29 is 27.9 Å². The minimum absolute atomic E-state index is 0.0271. The summed E-state index contributed by atoms with van der Waals surface area (Å²) in [7, 11) is -3.73. The van der Waals surface area contributed by atoms with E-state index in [9.17, 15) is 18.0 Å².